The summed E-state index contributed by atoms with van der Waals surface area (Å²) in [6.45, 7) is 33.4. The summed E-state index contributed by atoms with van der Waals surface area (Å²) in [6.07, 6.45) is 3.09. The van der Waals surface area contributed by atoms with Crippen molar-refractivity contribution in [1.29, 1.82) is 0 Å². The molecule has 0 N–H and O–H groups in total. The van der Waals surface area contributed by atoms with E-state index in [1.54, 1.807) is 0 Å². The minimum atomic E-state index is -0.499. The molecule has 0 radical (unpaired) electrons. The molecule has 0 aromatic heterocycles. The molecule has 0 aromatic rings. The van der Waals surface area contributed by atoms with Crippen LogP contribution in [0, 0.1) is 16.2 Å². The minimum Gasteiger partial charge on any atom is -0.463 e. The molecule has 0 rings (SSSR count). The Bertz CT molecular complexity index is 657. The smallest absolute Gasteiger partial charge is 0.311 e. The maximum atomic E-state index is 11.9. The van der Waals surface area contributed by atoms with Gasteiger partial charge in [-0.05, 0) is 106 Å². The average Bonchev–Trinajstić information content (AvgIpc) is 2.68. The van der Waals surface area contributed by atoms with Crippen molar-refractivity contribution in [3.8, 4) is 0 Å². The molecule has 0 heterocycles. The van der Waals surface area contributed by atoms with E-state index in [-0.39, 0.29) is 52.9 Å². The van der Waals surface area contributed by atoms with E-state index in [9.17, 15) is 4.79 Å². The molecule has 0 spiro atoms. The number of hydrogen-bond acceptors (Lipinski definition) is 6. The lowest BCUT2D eigenvalue weighted by molar-refractivity contribution is -0.158. The molecule has 2 unspecified atom stereocenters. The molecule has 37 heavy (non-hydrogen) atoms. The van der Waals surface area contributed by atoms with Crippen LogP contribution in [0.4, 0.5) is 0 Å². The third-order valence-corrected chi connectivity index (χ3v) is 7.75. The van der Waals surface area contributed by atoms with Gasteiger partial charge in [0.25, 0.3) is 0 Å². The van der Waals surface area contributed by atoms with E-state index in [2.05, 4.69) is 69.2 Å². The zero-order chi connectivity index (χ0) is 29.3. The molecular weight excluding hydrogens is 468 g/mol. The van der Waals surface area contributed by atoms with Gasteiger partial charge in [0.1, 0.15) is 6.61 Å². The second kappa shape index (κ2) is 14.6. The highest BCUT2D eigenvalue weighted by molar-refractivity contribution is 5.75. The summed E-state index contributed by atoms with van der Waals surface area (Å²) in [4.78, 5) is 11.9. The van der Waals surface area contributed by atoms with Crippen molar-refractivity contribution in [3.05, 3.63) is 0 Å². The fraction of sp³-hybridized carbons (Fsp3) is 0.968. The second-order valence-electron chi connectivity index (χ2n) is 14.4. The minimum absolute atomic E-state index is 0.0377. The highest BCUT2D eigenvalue weighted by Crippen LogP contribution is 2.40. The Labute approximate surface area is 229 Å². The summed E-state index contributed by atoms with van der Waals surface area (Å²) in [7, 11) is 0. The summed E-state index contributed by atoms with van der Waals surface area (Å²) < 4.78 is 30.0. The molecule has 6 nitrogen and oxygen atoms in total. The van der Waals surface area contributed by atoms with E-state index < -0.39 is 5.41 Å². The summed E-state index contributed by atoms with van der Waals surface area (Å²) in [5.74, 6) is -0.211. The Morgan fingerprint density at radius 1 is 0.703 bits per heavy atom. The van der Waals surface area contributed by atoms with Gasteiger partial charge in [0.2, 0.25) is 0 Å². The Morgan fingerprint density at radius 3 is 1.78 bits per heavy atom. The molecule has 0 aromatic carbocycles. The van der Waals surface area contributed by atoms with E-state index in [1.165, 1.54) is 0 Å². The fourth-order valence-electron chi connectivity index (χ4n) is 3.79. The van der Waals surface area contributed by atoms with Gasteiger partial charge in [-0.3, -0.25) is 4.79 Å². The Hall–Kier alpha value is -0.690. The van der Waals surface area contributed by atoms with Crippen molar-refractivity contribution in [3.63, 3.8) is 0 Å². The molecular formula is C31H62O6. The van der Waals surface area contributed by atoms with Gasteiger partial charge >= 0.3 is 5.97 Å². The van der Waals surface area contributed by atoms with Crippen LogP contribution < -0.4 is 0 Å². The predicted octanol–water partition coefficient (Wildman–Crippen LogP) is 7.61. The van der Waals surface area contributed by atoms with E-state index in [1.807, 2.05) is 34.6 Å². The second-order valence-corrected chi connectivity index (χ2v) is 14.4. The summed E-state index contributed by atoms with van der Waals surface area (Å²) in [6, 6.07) is 0. The Kier molecular flexibility index (Phi) is 14.4. The van der Waals surface area contributed by atoms with Gasteiger partial charge in [0, 0.05) is 6.61 Å². The molecule has 0 saturated carbocycles. The number of esters is 1. The van der Waals surface area contributed by atoms with Gasteiger partial charge in [-0.15, -0.1) is 0 Å². The first kappa shape index (κ1) is 36.3. The number of carbonyl (C=O) groups excluding carboxylic acids is 1. The molecule has 0 saturated heterocycles. The first-order chi connectivity index (χ1) is 16.5. The molecule has 0 bridgehead atoms. The zero-order valence-corrected chi connectivity index (χ0v) is 27.1. The topological polar surface area (TPSA) is 63.2 Å². The van der Waals surface area contributed by atoms with Crippen molar-refractivity contribution in [2.45, 2.75) is 153 Å². The molecule has 0 aliphatic carbocycles. The Morgan fingerprint density at radius 2 is 1.27 bits per heavy atom. The quantitative estimate of drug-likeness (QED) is 0.134. The average molecular weight is 531 g/mol. The normalized spacial score (nSPS) is 15.7. The van der Waals surface area contributed by atoms with Crippen molar-refractivity contribution >= 4 is 5.97 Å². The first-order valence-electron chi connectivity index (χ1n) is 14.2. The summed E-state index contributed by atoms with van der Waals surface area (Å²) >= 11 is 0. The molecule has 0 aliphatic heterocycles. The lowest BCUT2D eigenvalue weighted by Gasteiger charge is -2.44. The third-order valence-electron chi connectivity index (χ3n) is 7.75. The van der Waals surface area contributed by atoms with Gasteiger partial charge in [0.05, 0.1) is 48.1 Å². The van der Waals surface area contributed by atoms with Gasteiger partial charge in [-0.25, -0.2) is 0 Å². The van der Waals surface area contributed by atoms with Gasteiger partial charge in [-0.2, -0.15) is 0 Å². The number of hydrogen-bond donors (Lipinski definition) is 0. The van der Waals surface area contributed by atoms with E-state index in [4.69, 9.17) is 23.7 Å². The van der Waals surface area contributed by atoms with E-state index in [0.29, 0.717) is 13.2 Å². The fourth-order valence-corrected chi connectivity index (χ4v) is 3.79. The molecule has 6 heteroatoms. The van der Waals surface area contributed by atoms with Crippen LogP contribution in [0.5, 0.6) is 0 Å². The van der Waals surface area contributed by atoms with Crippen molar-refractivity contribution in [2.24, 2.45) is 16.2 Å². The van der Waals surface area contributed by atoms with Crippen LogP contribution in [-0.4, -0.2) is 61.9 Å². The van der Waals surface area contributed by atoms with Crippen LogP contribution in [-0.2, 0) is 28.5 Å². The molecule has 2 atom stereocenters. The van der Waals surface area contributed by atoms with Crippen molar-refractivity contribution in [1.82, 2.24) is 0 Å². The molecule has 0 aliphatic rings. The summed E-state index contributed by atoms with van der Waals surface area (Å²) in [5, 5.41) is 0. The van der Waals surface area contributed by atoms with Crippen molar-refractivity contribution < 1.29 is 28.5 Å². The van der Waals surface area contributed by atoms with E-state index >= 15 is 0 Å². The lowest BCUT2D eigenvalue weighted by atomic mass is 9.73. The zero-order valence-electron chi connectivity index (χ0n) is 27.1. The van der Waals surface area contributed by atoms with Crippen LogP contribution in [0.25, 0.3) is 0 Å². The maximum Gasteiger partial charge on any atom is 0.311 e. The summed E-state index contributed by atoms with van der Waals surface area (Å²) in [5.41, 5.74) is -1.27. The van der Waals surface area contributed by atoms with Crippen LogP contribution in [0.3, 0.4) is 0 Å². The highest BCUT2D eigenvalue weighted by atomic mass is 16.6. The largest absolute Gasteiger partial charge is 0.463 e. The van der Waals surface area contributed by atoms with Gasteiger partial charge in [0.15, 0.2) is 0 Å². The molecule has 222 valence electrons. The standard InChI is InChI=1S/C31H62O6/c1-23(2)33-18-16-28(8,9)25(4)37-24(3)22-29(10,11)31(14,15)36-19-17-30(12,13)35-21-20-34-26(32)27(5,6)7/h23-25H,16-22H2,1-15H3. The molecule has 0 amide bonds. The monoisotopic (exact) mass is 530 g/mol. The van der Waals surface area contributed by atoms with Crippen LogP contribution >= 0.6 is 0 Å². The molecule has 0 fully saturated rings. The predicted molar refractivity (Wildman–Crippen MR) is 153 cm³/mol. The highest BCUT2D eigenvalue weighted by Gasteiger charge is 2.40. The van der Waals surface area contributed by atoms with Gasteiger partial charge < -0.3 is 23.7 Å². The Balaban J connectivity index is 4.67. The van der Waals surface area contributed by atoms with Crippen LogP contribution in [0.15, 0.2) is 0 Å². The number of carbonyl (C=O) groups is 1. The first-order valence-corrected chi connectivity index (χ1v) is 14.2. The number of ether oxygens (including phenoxy) is 5. The van der Waals surface area contributed by atoms with E-state index in [0.717, 1.165) is 25.9 Å². The lowest BCUT2D eigenvalue weighted by Crippen LogP contribution is -2.45. The van der Waals surface area contributed by atoms with Crippen LogP contribution in [0.1, 0.15) is 123 Å². The number of rotatable bonds is 18. The maximum absolute atomic E-state index is 11.9. The van der Waals surface area contributed by atoms with Crippen molar-refractivity contribution in [2.75, 3.05) is 26.4 Å². The SMILES string of the molecule is CC(C)OCCC(C)(C)C(C)OC(C)CC(C)(C)C(C)(C)OCCC(C)(C)OCCOC(=O)C(C)(C)C. The third kappa shape index (κ3) is 14.3. The van der Waals surface area contributed by atoms with Crippen LogP contribution in [0.2, 0.25) is 0 Å². The van der Waals surface area contributed by atoms with Gasteiger partial charge in [-0.1, -0.05) is 27.7 Å².